The van der Waals surface area contributed by atoms with Gasteiger partial charge < -0.3 is 24.6 Å². The average Bonchev–Trinajstić information content (AvgIpc) is 2.96. The number of nitrogens with zero attached hydrogens (tertiary/aromatic N) is 2. The normalized spacial score (nSPS) is 13.4. The van der Waals surface area contributed by atoms with E-state index in [0.29, 0.717) is 26.3 Å². The van der Waals surface area contributed by atoms with Crippen molar-refractivity contribution in [2.24, 2.45) is 4.99 Å². The molecule has 0 amide bonds. The highest BCUT2D eigenvalue weighted by Gasteiger charge is 2.15. The largest absolute Gasteiger partial charge is 0.490 e. The van der Waals surface area contributed by atoms with Crippen molar-refractivity contribution < 1.29 is 14.0 Å². The van der Waals surface area contributed by atoms with E-state index < -0.39 is 0 Å². The molecule has 0 bridgehead atoms. The predicted octanol–water partition coefficient (Wildman–Crippen LogP) is 3.83. The fourth-order valence-corrected chi connectivity index (χ4v) is 3.19. The Morgan fingerprint density at radius 2 is 1.93 bits per heavy atom. The minimum Gasteiger partial charge on any atom is -0.490 e. The molecule has 0 radical (unpaired) electrons. The van der Waals surface area contributed by atoms with Gasteiger partial charge in [0.15, 0.2) is 17.5 Å². The van der Waals surface area contributed by atoms with Crippen molar-refractivity contribution in [2.75, 3.05) is 19.8 Å². The molecule has 0 aliphatic carbocycles. The highest BCUT2D eigenvalue weighted by Crippen LogP contribution is 2.33. The van der Waals surface area contributed by atoms with E-state index in [2.05, 4.69) is 36.6 Å². The van der Waals surface area contributed by atoms with Crippen molar-refractivity contribution >= 4 is 29.9 Å². The molecule has 0 fully saturated rings. The molecule has 0 spiro atoms. The fourth-order valence-electron chi connectivity index (χ4n) is 3.19. The molecule has 8 heteroatoms. The van der Waals surface area contributed by atoms with Crippen LogP contribution in [0.2, 0.25) is 0 Å². The van der Waals surface area contributed by atoms with E-state index in [1.807, 2.05) is 18.2 Å². The lowest BCUT2D eigenvalue weighted by molar-refractivity contribution is 0.296. The summed E-state index contributed by atoms with van der Waals surface area (Å²) < 4.78 is 17.1. The summed E-state index contributed by atoms with van der Waals surface area (Å²) >= 11 is 0. The van der Waals surface area contributed by atoms with E-state index in [4.69, 9.17) is 19.0 Å². The zero-order valence-corrected chi connectivity index (χ0v) is 19.7. The maximum absolute atomic E-state index is 5.90. The summed E-state index contributed by atoms with van der Waals surface area (Å²) in [6.07, 6.45) is 2.56. The summed E-state index contributed by atoms with van der Waals surface area (Å²) in [4.78, 5) is 4.74. The van der Waals surface area contributed by atoms with E-state index in [0.717, 1.165) is 65.8 Å². The molecule has 0 atom stereocenters. The smallest absolute Gasteiger partial charge is 0.191 e. The maximum Gasteiger partial charge on any atom is 0.191 e. The zero-order chi connectivity index (χ0) is 19.8. The van der Waals surface area contributed by atoms with Crippen LogP contribution in [0.4, 0.5) is 0 Å². The maximum atomic E-state index is 5.90. The number of benzene rings is 1. The standard InChI is InChI=1S/C21H30N4O3.HI/c1-4-17-16(18(5-2)28-25-17)14-24-21(22-6-3)23-13-15-9-7-10-19-20(15)27-12-8-11-26-19;/h7,9-10H,4-6,8,11-14H2,1-3H3,(H2,22,23,24);1H. The molecule has 29 heavy (non-hydrogen) atoms. The summed E-state index contributed by atoms with van der Waals surface area (Å²) in [5.74, 6) is 3.28. The van der Waals surface area contributed by atoms with E-state index in [9.17, 15) is 0 Å². The third kappa shape index (κ3) is 6.01. The summed E-state index contributed by atoms with van der Waals surface area (Å²) in [6.45, 7) is 9.48. The summed E-state index contributed by atoms with van der Waals surface area (Å²) in [5.41, 5.74) is 3.14. The average molecular weight is 514 g/mol. The Morgan fingerprint density at radius 3 is 2.69 bits per heavy atom. The van der Waals surface area contributed by atoms with Gasteiger partial charge >= 0.3 is 0 Å². The van der Waals surface area contributed by atoms with Crippen LogP contribution in [0.1, 0.15) is 49.8 Å². The van der Waals surface area contributed by atoms with Gasteiger partial charge in [0.2, 0.25) is 0 Å². The van der Waals surface area contributed by atoms with Crippen molar-refractivity contribution in [1.29, 1.82) is 0 Å². The minimum absolute atomic E-state index is 0. The molecule has 0 unspecified atom stereocenters. The Morgan fingerprint density at radius 1 is 1.10 bits per heavy atom. The molecule has 2 heterocycles. The number of nitrogens with one attached hydrogen (secondary N) is 2. The van der Waals surface area contributed by atoms with Gasteiger partial charge in [-0.2, -0.15) is 0 Å². The molecule has 7 nitrogen and oxygen atoms in total. The molecule has 0 saturated heterocycles. The number of rotatable bonds is 7. The number of para-hydroxylation sites is 1. The number of hydrogen-bond donors (Lipinski definition) is 2. The van der Waals surface area contributed by atoms with Gasteiger partial charge in [0.05, 0.1) is 25.5 Å². The van der Waals surface area contributed by atoms with Crippen LogP contribution < -0.4 is 20.1 Å². The second-order valence-electron chi connectivity index (χ2n) is 6.58. The van der Waals surface area contributed by atoms with Crippen molar-refractivity contribution in [2.45, 2.75) is 53.1 Å². The van der Waals surface area contributed by atoms with E-state index >= 15 is 0 Å². The van der Waals surface area contributed by atoms with Gasteiger partial charge in [0.1, 0.15) is 5.76 Å². The molecular weight excluding hydrogens is 483 g/mol. The molecule has 1 aliphatic rings. The lowest BCUT2D eigenvalue weighted by Crippen LogP contribution is -2.37. The number of guanidine groups is 1. The van der Waals surface area contributed by atoms with Gasteiger partial charge in [-0.15, -0.1) is 24.0 Å². The molecular formula is C21H31IN4O3. The Balaban J connectivity index is 0.00000300. The van der Waals surface area contributed by atoms with Crippen molar-refractivity contribution in [1.82, 2.24) is 15.8 Å². The van der Waals surface area contributed by atoms with Gasteiger partial charge in [-0.3, -0.25) is 0 Å². The molecule has 1 aromatic heterocycles. The molecule has 2 aromatic rings. The van der Waals surface area contributed by atoms with E-state index in [1.165, 1.54) is 0 Å². The number of aromatic nitrogens is 1. The second kappa shape index (κ2) is 11.9. The Hall–Kier alpha value is -1.97. The zero-order valence-electron chi connectivity index (χ0n) is 17.4. The number of fused-ring (bicyclic) bond motifs is 1. The molecule has 0 saturated carbocycles. The minimum atomic E-state index is 0. The van der Waals surface area contributed by atoms with Crippen molar-refractivity contribution in [3.63, 3.8) is 0 Å². The lowest BCUT2D eigenvalue weighted by atomic mass is 10.1. The molecule has 2 N–H and O–H groups in total. The topological polar surface area (TPSA) is 80.9 Å². The van der Waals surface area contributed by atoms with E-state index in [-0.39, 0.29) is 24.0 Å². The van der Waals surface area contributed by atoms with Gasteiger partial charge in [-0.1, -0.05) is 31.1 Å². The van der Waals surface area contributed by atoms with Gasteiger partial charge in [-0.05, 0) is 19.4 Å². The highest BCUT2D eigenvalue weighted by atomic mass is 127. The van der Waals surface area contributed by atoms with Crippen LogP contribution in [0.5, 0.6) is 11.5 Å². The Kier molecular flexibility index (Phi) is 9.56. The molecule has 1 aliphatic heterocycles. The number of hydrogen-bond acceptors (Lipinski definition) is 5. The fraction of sp³-hybridized carbons (Fsp3) is 0.524. The van der Waals surface area contributed by atoms with Gasteiger partial charge in [0.25, 0.3) is 0 Å². The second-order valence-corrected chi connectivity index (χ2v) is 6.58. The third-order valence-electron chi connectivity index (χ3n) is 4.64. The molecule has 1 aromatic carbocycles. The first-order chi connectivity index (χ1) is 13.8. The van der Waals surface area contributed by atoms with Crippen LogP contribution in [0.25, 0.3) is 0 Å². The SMILES string of the molecule is CCNC(=NCc1cccc2c1OCCCO2)NCc1c(CC)noc1CC.I. The summed E-state index contributed by atoms with van der Waals surface area (Å²) in [5, 5.41) is 10.9. The number of aryl methyl sites for hydroxylation is 2. The van der Waals surface area contributed by atoms with Crippen molar-refractivity contribution in [3.8, 4) is 11.5 Å². The van der Waals surface area contributed by atoms with Gasteiger partial charge in [0, 0.05) is 37.1 Å². The Labute approximate surface area is 189 Å². The van der Waals surface area contributed by atoms with E-state index in [1.54, 1.807) is 0 Å². The van der Waals surface area contributed by atoms with Crippen LogP contribution in [-0.4, -0.2) is 30.9 Å². The first-order valence-electron chi connectivity index (χ1n) is 10.1. The highest BCUT2D eigenvalue weighted by molar-refractivity contribution is 14.0. The first-order valence-corrected chi connectivity index (χ1v) is 10.1. The quantitative estimate of drug-likeness (QED) is 0.332. The number of aliphatic imine (C=N–C) groups is 1. The third-order valence-corrected chi connectivity index (χ3v) is 4.64. The van der Waals surface area contributed by atoms with Crippen LogP contribution in [0.3, 0.4) is 0 Å². The summed E-state index contributed by atoms with van der Waals surface area (Å²) in [7, 11) is 0. The lowest BCUT2D eigenvalue weighted by Gasteiger charge is -2.14. The molecule has 160 valence electrons. The van der Waals surface area contributed by atoms with Crippen LogP contribution >= 0.6 is 24.0 Å². The van der Waals surface area contributed by atoms with Crippen LogP contribution in [-0.2, 0) is 25.9 Å². The number of halogens is 1. The number of ether oxygens (including phenoxy) is 2. The van der Waals surface area contributed by atoms with Crippen LogP contribution in [0, 0.1) is 0 Å². The monoisotopic (exact) mass is 514 g/mol. The Bertz CT molecular complexity index is 786. The van der Waals surface area contributed by atoms with Gasteiger partial charge in [-0.25, -0.2) is 4.99 Å². The van der Waals surface area contributed by atoms with Crippen LogP contribution in [0.15, 0.2) is 27.7 Å². The first kappa shape index (κ1) is 23.3. The summed E-state index contributed by atoms with van der Waals surface area (Å²) in [6, 6.07) is 5.96. The van der Waals surface area contributed by atoms with Crippen molar-refractivity contribution in [3.05, 3.63) is 40.8 Å². The predicted molar refractivity (Wildman–Crippen MR) is 124 cm³/mol. The molecule has 3 rings (SSSR count).